The average molecular weight is 189 g/mol. The standard InChI is InChI=1S/C9H11N5/c10-6-2-1-5(7(11)8(6)12)9-13-3-4-14-9/h1-4H,10-12H2,(H,13,14). The van der Waals surface area contributed by atoms with Crippen molar-refractivity contribution in [1.82, 2.24) is 9.97 Å². The predicted molar refractivity (Wildman–Crippen MR) is 57.3 cm³/mol. The minimum atomic E-state index is 0.402. The Morgan fingerprint density at radius 2 is 1.86 bits per heavy atom. The second-order valence-corrected chi connectivity index (χ2v) is 2.97. The highest BCUT2D eigenvalue weighted by molar-refractivity contribution is 5.88. The Labute approximate surface area is 80.9 Å². The molecule has 0 radical (unpaired) electrons. The first-order valence-electron chi connectivity index (χ1n) is 4.13. The maximum atomic E-state index is 5.81. The highest BCUT2D eigenvalue weighted by atomic mass is 14.9. The number of imidazole rings is 1. The molecule has 7 N–H and O–H groups in total. The van der Waals surface area contributed by atoms with E-state index >= 15 is 0 Å². The van der Waals surface area contributed by atoms with Crippen LogP contribution in [0.5, 0.6) is 0 Å². The van der Waals surface area contributed by atoms with E-state index in [2.05, 4.69) is 9.97 Å². The number of nitrogens with one attached hydrogen (secondary N) is 1. The molecule has 72 valence electrons. The fourth-order valence-corrected chi connectivity index (χ4v) is 1.27. The lowest BCUT2D eigenvalue weighted by atomic mass is 10.1. The van der Waals surface area contributed by atoms with Gasteiger partial charge in [-0.25, -0.2) is 4.98 Å². The molecule has 5 heteroatoms. The van der Waals surface area contributed by atoms with E-state index in [0.29, 0.717) is 22.9 Å². The van der Waals surface area contributed by atoms with Gasteiger partial charge in [0.25, 0.3) is 0 Å². The number of nitrogens with two attached hydrogens (primary N) is 3. The molecule has 0 saturated heterocycles. The van der Waals surface area contributed by atoms with E-state index in [9.17, 15) is 0 Å². The molecule has 1 heterocycles. The van der Waals surface area contributed by atoms with Gasteiger partial charge >= 0.3 is 0 Å². The summed E-state index contributed by atoms with van der Waals surface area (Å²) in [5.41, 5.74) is 19.2. The molecule has 0 amide bonds. The van der Waals surface area contributed by atoms with Gasteiger partial charge in [0, 0.05) is 18.0 Å². The Morgan fingerprint density at radius 3 is 2.50 bits per heavy atom. The largest absolute Gasteiger partial charge is 0.397 e. The Hall–Kier alpha value is -2.17. The lowest BCUT2D eigenvalue weighted by molar-refractivity contribution is 1.31. The van der Waals surface area contributed by atoms with Crippen molar-refractivity contribution in [1.29, 1.82) is 0 Å². The van der Waals surface area contributed by atoms with Crippen LogP contribution in [0.3, 0.4) is 0 Å². The zero-order valence-electron chi connectivity index (χ0n) is 7.49. The lowest BCUT2D eigenvalue weighted by Gasteiger charge is -2.07. The topological polar surface area (TPSA) is 107 Å². The summed E-state index contributed by atoms with van der Waals surface area (Å²) in [6.45, 7) is 0. The van der Waals surface area contributed by atoms with Crippen LogP contribution in [0.4, 0.5) is 17.1 Å². The quantitative estimate of drug-likeness (QED) is 0.498. The van der Waals surface area contributed by atoms with E-state index in [1.807, 2.05) is 0 Å². The highest BCUT2D eigenvalue weighted by Gasteiger charge is 2.08. The lowest BCUT2D eigenvalue weighted by Crippen LogP contribution is -2.02. The van der Waals surface area contributed by atoms with E-state index in [4.69, 9.17) is 17.2 Å². The molecule has 1 aromatic carbocycles. The molecule has 0 unspecified atom stereocenters. The van der Waals surface area contributed by atoms with Crippen LogP contribution in [0.2, 0.25) is 0 Å². The molecule has 2 rings (SSSR count). The Kier molecular flexibility index (Phi) is 1.78. The van der Waals surface area contributed by atoms with E-state index < -0.39 is 0 Å². The third-order valence-corrected chi connectivity index (χ3v) is 2.07. The van der Waals surface area contributed by atoms with Crippen molar-refractivity contribution >= 4 is 17.1 Å². The van der Waals surface area contributed by atoms with Crippen LogP contribution in [0.1, 0.15) is 0 Å². The third kappa shape index (κ3) is 1.15. The van der Waals surface area contributed by atoms with E-state index in [1.54, 1.807) is 24.5 Å². The van der Waals surface area contributed by atoms with Crippen molar-refractivity contribution in [3.05, 3.63) is 24.5 Å². The normalized spacial score (nSPS) is 10.3. The van der Waals surface area contributed by atoms with Crippen molar-refractivity contribution in [3.63, 3.8) is 0 Å². The summed E-state index contributed by atoms with van der Waals surface area (Å²) in [4.78, 5) is 7.04. The molecule has 0 aliphatic rings. The molecule has 0 fully saturated rings. The number of benzene rings is 1. The maximum absolute atomic E-state index is 5.81. The van der Waals surface area contributed by atoms with Gasteiger partial charge in [0.15, 0.2) is 0 Å². The van der Waals surface area contributed by atoms with Gasteiger partial charge < -0.3 is 22.2 Å². The summed E-state index contributed by atoms with van der Waals surface area (Å²) >= 11 is 0. The fourth-order valence-electron chi connectivity index (χ4n) is 1.27. The van der Waals surface area contributed by atoms with E-state index in [1.165, 1.54) is 0 Å². The van der Waals surface area contributed by atoms with Gasteiger partial charge in [-0.2, -0.15) is 0 Å². The molecule has 14 heavy (non-hydrogen) atoms. The van der Waals surface area contributed by atoms with Gasteiger partial charge in [-0.1, -0.05) is 0 Å². The molecular weight excluding hydrogens is 178 g/mol. The van der Waals surface area contributed by atoms with Gasteiger partial charge in [0.2, 0.25) is 0 Å². The van der Waals surface area contributed by atoms with Gasteiger partial charge in [-0.05, 0) is 12.1 Å². The molecule has 0 atom stereocenters. The zero-order chi connectivity index (χ0) is 10.1. The van der Waals surface area contributed by atoms with Crippen LogP contribution >= 0.6 is 0 Å². The minimum Gasteiger partial charge on any atom is -0.397 e. The molecule has 0 saturated carbocycles. The average Bonchev–Trinajstić information content (AvgIpc) is 2.67. The molecule has 0 aliphatic heterocycles. The smallest absolute Gasteiger partial charge is 0.139 e. The number of H-pyrrole nitrogens is 1. The SMILES string of the molecule is Nc1ccc(-c2ncc[nH]2)c(N)c1N. The van der Waals surface area contributed by atoms with Crippen molar-refractivity contribution in [2.75, 3.05) is 17.2 Å². The number of hydrogen-bond acceptors (Lipinski definition) is 4. The number of nitrogen functional groups attached to an aromatic ring is 3. The zero-order valence-corrected chi connectivity index (χ0v) is 7.49. The first-order chi connectivity index (χ1) is 6.70. The Bertz CT molecular complexity index is 446. The van der Waals surface area contributed by atoms with Crippen molar-refractivity contribution in [2.45, 2.75) is 0 Å². The van der Waals surface area contributed by atoms with Gasteiger partial charge in [0.05, 0.1) is 17.1 Å². The van der Waals surface area contributed by atoms with E-state index in [-0.39, 0.29) is 0 Å². The van der Waals surface area contributed by atoms with Gasteiger partial charge in [-0.15, -0.1) is 0 Å². The van der Waals surface area contributed by atoms with Crippen molar-refractivity contribution < 1.29 is 0 Å². The number of anilines is 3. The maximum Gasteiger partial charge on any atom is 0.139 e. The van der Waals surface area contributed by atoms with Crippen LogP contribution in [0.25, 0.3) is 11.4 Å². The Balaban J connectivity index is 2.61. The summed E-state index contributed by atoms with van der Waals surface area (Å²) in [5, 5.41) is 0. The summed E-state index contributed by atoms with van der Waals surface area (Å²) in [6, 6.07) is 3.50. The second kappa shape index (κ2) is 2.95. The van der Waals surface area contributed by atoms with Gasteiger partial charge in [0.1, 0.15) is 5.82 Å². The monoisotopic (exact) mass is 189 g/mol. The van der Waals surface area contributed by atoms with Crippen LogP contribution in [0, 0.1) is 0 Å². The number of aromatic amines is 1. The third-order valence-electron chi connectivity index (χ3n) is 2.07. The van der Waals surface area contributed by atoms with Gasteiger partial charge in [-0.3, -0.25) is 0 Å². The summed E-state index contributed by atoms with van der Waals surface area (Å²) in [5.74, 6) is 0.689. The van der Waals surface area contributed by atoms with E-state index in [0.717, 1.165) is 5.56 Å². The highest BCUT2D eigenvalue weighted by Crippen LogP contribution is 2.31. The van der Waals surface area contributed by atoms with Crippen LogP contribution < -0.4 is 17.2 Å². The molecule has 0 aliphatic carbocycles. The molecule has 5 nitrogen and oxygen atoms in total. The first kappa shape index (κ1) is 8.43. The van der Waals surface area contributed by atoms with Crippen molar-refractivity contribution in [2.24, 2.45) is 0 Å². The first-order valence-corrected chi connectivity index (χ1v) is 4.13. The number of hydrogen-bond donors (Lipinski definition) is 4. The molecular formula is C9H11N5. The second-order valence-electron chi connectivity index (χ2n) is 2.97. The predicted octanol–water partition coefficient (Wildman–Crippen LogP) is 0.823. The molecule has 2 aromatic rings. The number of nitrogens with zero attached hydrogens (tertiary/aromatic N) is 1. The van der Waals surface area contributed by atoms with Crippen LogP contribution in [-0.2, 0) is 0 Å². The molecule has 1 aromatic heterocycles. The fraction of sp³-hybridized carbons (Fsp3) is 0. The van der Waals surface area contributed by atoms with Crippen LogP contribution in [-0.4, -0.2) is 9.97 Å². The minimum absolute atomic E-state index is 0.402. The number of aromatic nitrogens is 2. The summed E-state index contributed by atoms with van der Waals surface area (Å²) < 4.78 is 0. The number of rotatable bonds is 1. The molecule has 0 bridgehead atoms. The summed E-state index contributed by atoms with van der Waals surface area (Å²) in [6.07, 6.45) is 3.38. The van der Waals surface area contributed by atoms with Crippen molar-refractivity contribution in [3.8, 4) is 11.4 Å². The molecule has 0 spiro atoms. The Morgan fingerprint density at radius 1 is 1.07 bits per heavy atom. The van der Waals surface area contributed by atoms with Crippen LogP contribution in [0.15, 0.2) is 24.5 Å². The summed E-state index contributed by atoms with van der Waals surface area (Å²) in [7, 11) is 0.